The van der Waals surface area contributed by atoms with Gasteiger partial charge in [0, 0.05) is 18.5 Å². The van der Waals surface area contributed by atoms with Gasteiger partial charge in [-0.1, -0.05) is 12.1 Å². The number of carbonyl (C=O) groups is 2. The molecule has 7 nitrogen and oxygen atoms in total. The lowest BCUT2D eigenvalue weighted by atomic mass is 10.0. The number of aromatic hydroxyl groups is 1. The fraction of sp³-hybridized carbons (Fsp3) is 0.250. The Balaban J connectivity index is 2.25. The van der Waals surface area contributed by atoms with Gasteiger partial charge in [-0.2, -0.15) is 10.5 Å². The number of carbonyl (C=O) groups excluding carboxylic acids is 2. The highest BCUT2D eigenvalue weighted by atomic mass is 16.5. The van der Waals surface area contributed by atoms with Crippen molar-refractivity contribution in [2.75, 3.05) is 6.61 Å². The van der Waals surface area contributed by atoms with Crippen LogP contribution >= 0.6 is 0 Å². The molecule has 136 valence electrons. The number of hydrogen-bond donors (Lipinski definition) is 1. The number of ether oxygens (including phenoxy) is 1. The first kappa shape index (κ1) is 19.6. The molecule has 0 fully saturated rings. The minimum Gasteiger partial charge on any atom is -0.504 e. The third-order valence-corrected chi connectivity index (χ3v) is 3.76. The highest BCUT2D eigenvalue weighted by Gasteiger charge is 2.19. The molecule has 1 aromatic heterocycles. The zero-order valence-electron chi connectivity index (χ0n) is 14.7. The predicted molar refractivity (Wildman–Crippen MR) is 94.8 cm³/mol. The van der Waals surface area contributed by atoms with Crippen molar-refractivity contribution < 1.29 is 19.4 Å². The van der Waals surface area contributed by atoms with Gasteiger partial charge in [0.1, 0.15) is 11.8 Å². The van der Waals surface area contributed by atoms with Crippen molar-refractivity contribution in [2.24, 2.45) is 0 Å². The molecule has 2 rings (SSSR count). The molecule has 0 aliphatic heterocycles. The molecule has 0 aliphatic carbocycles. The molecule has 0 atom stereocenters. The van der Waals surface area contributed by atoms with Gasteiger partial charge in [-0.25, -0.2) is 4.98 Å². The molecule has 1 heterocycles. The van der Waals surface area contributed by atoms with E-state index < -0.39 is 17.5 Å². The van der Waals surface area contributed by atoms with Gasteiger partial charge in [0.2, 0.25) is 0 Å². The van der Waals surface area contributed by atoms with E-state index in [1.807, 2.05) is 12.1 Å². The van der Waals surface area contributed by atoms with Crippen LogP contribution in [0.5, 0.6) is 5.75 Å². The van der Waals surface area contributed by atoms with Crippen LogP contribution in [0, 0.1) is 22.7 Å². The van der Waals surface area contributed by atoms with Crippen molar-refractivity contribution in [2.45, 2.75) is 26.2 Å². The summed E-state index contributed by atoms with van der Waals surface area (Å²) in [5, 5.41) is 28.2. The van der Waals surface area contributed by atoms with Crippen LogP contribution in [0.25, 0.3) is 0 Å². The summed E-state index contributed by atoms with van der Waals surface area (Å²) in [5.41, 5.74) is 1.48. The molecule has 27 heavy (non-hydrogen) atoms. The molecule has 2 aromatic rings. The second kappa shape index (κ2) is 9.12. The highest BCUT2D eigenvalue weighted by molar-refractivity contribution is 5.98. The third kappa shape index (κ3) is 5.13. The average Bonchev–Trinajstić information content (AvgIpc) is 2.68. The molecule has 0 radical (unpaired) electrons. The van der Waals surface area contributed by atoms with E-state index in [9.17, 15) is 20.0 Å². The Morgan fingerprint density at radius 3 is 2.44 bits per heavy atom. The summed E-state index contributed by atoms with van der Waals surface area (Å²) in [6.07, 6.45) is 0.0128. The summed E-state index contributed by atoms with van der Waals surface area (Å²) in [6.45, 7) is 1.88. The fourth-order valence-corrected chi connectivity index (χ4v) is 2.43. The van der Waals surface area contributed by atoms with E-state index in [1.165, 1.54) is 6.07 Å². The first-order chi connectivity index (χ1) is 13.0. The van der Waals surface area contributed by atoms with Crippen molar-refractivity contribution in [3.63, 3.8) is 0 Å². The first-order valence-electron chi connectivity index (χ1n) is 8.29. The summed E-state index contributed by atoms with van der Waals surface area (Å²) in [6, 6.07) is 12.1. The minimum absolute atomic E-state index is 0.0619. The van der Waals surface area contributed by atoms with E-state index in [0.717, 1.165) is 5.56 Å². The SMILES string of the molecule is CCOC(=O)CCC(=O)c1nc(Cc2ccc(C#N)cc2)cc(C#N)c1O. The second-order valence-corrected chi connectivity index (χ2v) is 5.68. The number of hydrogen-bond acceptors (Lipinski definition) is 7. The first-order valence-corrected chi connectivity index (χ1v) is 8.29. The normalized spacial score (nSPS) is 9.89. The minimum atomic E-state index is -0.543. The van der Waals surface area contributed by atoms with Crippen molar-refractivity contribution in [3.8, 4) is 17.9 Å². The van der Waals surface area contributed by atoms with Crippen LogP contribution in [0.15, 0.2) is 30.3 Å². The average molecular weight is 363 g/mol. The molecule has 0 spiro atoms. The van der Waals surface area contributed by atoms with Crippen LogP contribution in [-0.4, -0.2) is 28.4 Å². The van der Waals surface area contributed by atoms with Gasteiger partial charge in [0.05, 0.1) is 30.2 Å². The number of esters is 1. The predicted octanol–water partition coefficient (Wildman–Crippen LogP) is 2.65. The summed E-state index contributed by atoms with van der Waals surface area (Å²) in [4.78, 5) is 27.9. The molecular formula is C20H17N3O4. The van der Waals surface area contributed by atoms with Gasteiger partial charge in [0.15, 0.2) is 11.5 Å². The molecule has 0 saturated heterocycles. The van der Waals surface area contributed by atoms with E-state index in [1.54, 1.807) is 31.2 Å². The quantitative estimate of drug-likeness (QED) is 0.592. The van der Waals surface area contributed by atoms with Gasteiger partial charge >= 0.3 is 5.97 Å². The number of benzene rings is 1. The van der Waals surface area contributed by atoms with Crippen molar-refractivity contribution in [1.29, 1.82) is 10.5 Å². The Bertz CT molecular complexity index is 937. The molecule has 0 saturated carbocycles. The second-order valence-electron chi connectivity index (χ2n) is 5.68. The Labute approximate surface area is 156 Å². The smallest absolute Gasteiger partial charge is 0.306 e. The maximum atomic E-state index is 12.4. The van der Waals surface area contributed by atoms with Crippen LogP contribution in [0.3, 0.4) is 0 Å². The van der Waals surface area contributed by atoms with Gasteiger partial charge in [0.25, 0.3) is 0 Å². The number of nitriles is 2. The topological polar surface area (TPSA) is 124 Å². The molecule has 0 unspecified atom stereocenters. The lowest BCUT2D eigenvalue weighted by molar-refractivity contribution is -0.143. The summed E-state index contributed by atoms with van der Waals surface area (Å²) < 4.78 is 4.78. The monoisotopic (exact) mass is 363 g/mol. The van der Waals surface area contributed by atoms with E-state index in [4.69, 9.17) is 10.00 Å². The summed E-state index contributed by atoms with van der Waals surface area (Å²) >= 11 is 0. The molecule has 0 bridgehead atoms. The molecule has 1 N–H and O–H groups in total. The third-order valence-electron chi connectivity index (χ3n) is 3.76. The molecule has 0 aliphatic rings. The summed E-state index contributed by atoms with van der Waals surface area (Å²) in [7, 11) is 0. The maximum absolute atomic E-state index is 12.4. The fourth-order valence-electron chi connectivity index (χ4n) is 2.43. The molecule has 0 amide bonds. The van der Waals surface area contributed by atoms with Crippen molar-refractivity contribution in [3.05, 3.63) is 58.4 Å². The number of Topliss-reactive ketones (excluding diaryl/α,β-unsaturated/α-hetero) is 1. The Morgan fingerprint density at radius 1 is 1.15 bits per heavy atom. The maximum Gasteiger partial charge on any atom is 0.306 e. The van der Waals surface area contributed by atoms with Crippen LogP contribution in [0.4, 0.5) is 0 Å². The molecular weight excluding hydrogens is 346 g/mol. The Hall–Kier alpha value is -3.71. The zero-order valence-corrected chi connectivity index (χ0v) is 14.7. The van der Waals surface area contributed by atoms with Crippen molar-refractivity contribution >= 4 is 11.8 Å². The van der Waals surface area contributed by atoms with Gasteiger partial charge in [-0.15, -0.1) is 0 Å². The Kier molecular flexibility index (Phi) is 6.62. The lowest BCUT2D eigenvalue weighted by Gasteiger charge is -2.09. The standard InChI is InChI=1S/C20H17N3O4/c1-2-27-18(25)8-7-17(24)19-20(26)15(12-22)10-16(23-19)9-13-3-5-14(11-21)6-4-13/h3-6,10,26H,2,7-9H2,1H3. The lowest BCUT2D eigenvalue weighted by Crippen LogP contribution is -2.11. The van der Waals surface area contributed by atoms with Crippen LogP contribution in [0.2, 0.25) is 0 Å². The highest BCUT2D eigenvalue weighted by Crippen LogP contribution is 2.24. The van der Waals surface area contributed by atoms with E-state index in [-0.39, 0.29) is 30.7 Å². The largest absolute Gasteiger partial charge is 0.504 e. The van der Waals surface area contributed by atoms with Crippen LogP contribution < -0.4 is 0 Å². The molecule has 7 heteroatoms. The Morgan fingerprint density at radius 2 is 1.85 bits per heavy atom. The van der Waals surface area contributed by atoms with Crippen LogP contribution in [-0.2, 0) is 16.0 Å². The number of aromatic nitrogens is 1. The number of nitrogens with zero attached hydrogens (tertiary/aromatic N) is 3. The van der Waals surface area contributed by atoms with E-state index in [0.29, 0.717) is 17.7 Å². The number of ketones is 1. The molecule has 1 aromatic carbocycles. The van der Waals surface area contributed by atoms with Crippen LogP contribution in [0.1, 0.15) is 52.6 Å². The number of pyridine rings is 1. The van der Waals surface area contributed by atoms with E-state index >= 15 is 0 Å². The van der Waals surface area contributed by atoms with Gasteiger partial charge < -0.3 is 9.84 Å². The van der Waals surface area contributed by atoms with Gasteiger partial charge in [-0.3, -0.25) is 9.59 Å². The van der Waals surface area contributed by atoms with Gasteiger partial charge in [-0.05, 0) is 30.7 Å². The summed E-state index contributed by atoms with van der Waals surface area (Å²) in [5.74, 6) is -1.55. The number of rotatable bonds is 7. The van der Waals surface area contributed by atoms with Crippen molar-refractivity contribution in [1.82, 2.24) is 4.98 Å². The van der Waals surface area contributed by atoms with E-state index in [2.05, 4.69) is 4.98 Å². The zero-order chi connectivity index (χ0) is 19.8.